The molecule has 2 N–H and O–H groups in total. The highest BCUT2D eigenvalue weighted by Gasteiger charge is 2.19. The van der Waals surface area contributed by atoms with Crippen molar-refractivity contribution in [1.82, 2.24) is 20.4 Å². The Bertz CT molecular complexity index is 696. The number of aryl methyl sites for hydroxylation is 1. The molecule has 2 aliphatic rings. The van der Waals surface area contributed by atoms with E-state index in [2.05, 4.69) is 46.0 Å². The predicted molar refractivity (Wildman–Crippen MR) is 90.0 cm³/mol. The molecular formula is C17H23N5. The van der Waals surface area contributed by atoms with Crippen LogP contribution >= 0.6 is 0 Å². The Labute approximate surface area is 131 Å². The lowest BCUT2D eigenvalue weighted by Gasteiger charge is -2.23. The number of hydrogen-bond acceptors (Lipinski definition) is 4. The second kappa shape index (κ2) is 5.74. The summed E-state index contributed by atoms with van der Waals surface area (Å²) in [5.41, 5.74) is 2.68. The van der Waals surface area contributed by atoms with Gasteiger partial charge in [0.1, 0.15) is 0 Å². The topological polar surface area (TPSA) is 45.1 Å². The maximum Gasteiger partial charge on any atom is 0.163 e. The molecule has 1 aromatic carbocycles. The number of nitrogens with one attached hydrogen (secondary N) is 2. The Kier molecular flexibility index (Phi) is 3.60. The van der Waals surface area contributed by atoms with Gasteiger partial charge in [-0.1, -0.05) is 12.1 Å². The van der Waals surface area contributed by atoms with E-state index < -0.39 is 0 Å². The summed E-state index contributed by atoms with van der Waals surface area (Å²) < 4.78 is 2.01. The standard InChI is InChI=1S/C17H23N5/c1-21-16-11-14(13-5-8-18-9-6-13)3-4-15(16)17(20-21)22-10-2-7-19-12-22/h2-4,10-11,13,18-19H,5-9,12H2,1H3. The quantitative estimate of drug-likeness (QED) is 0.889. The van der Waals surface area contributed by atoms with Crippen LogP contribution in [0.3, 0.4) is 0 Å². The van der Waals surface area contributed by atoms with Gasteiger partial charge < -0.3 is 10.2 Å². The zero-order chi connectivity index (χ0) is 14.9. The molecule has 0 amide bonds. The summed E-state index contributed by atoms with van der Waals surface area (Å²) in [6, 6.07) is 6.88. The smallest absolute Gasteiger partial charge is 0.163 e. The molecule has 2 aromatic rings. The molecule has 3 heterocycles. The average molecular weight is 297 g/mol. The predicted octanol–water partition coefficient (Wildman–Crippen LogP) is 1.92. The molecule has 0 radical (unpaired) electrons. The average Bonchev–Trinajstić information content (AvgIpc) is 2.93. The van der Waals surface area contributed by atoms with Gasteiger partial charge in [-0.25, -0.2) is 0 Å². The van der Waals surface area contributed by atoms with Crippen molar-refractivity contribution in [3.8, 4) is 0 Å². The maximum atomic E-state index is 4.74. The van der Waals surface area contributed by atoms with Gasteiger partial charge in [0.15, 0.2) is 5.82 Å². The van der Waals surface area contributed by atoms with Crippen LogP contribution in [0.25, 0.3) is 10.9 Å². The minimum Gasteiger partial charge on any atom is -0.318 e. The summed E-state index contributed by atoms with van der Waals surface area (Å²) >= 11 is 0. The molecule has 116 valence electrons. The molecule has 0 unspecified atom stereocenters. The molecule has 0 bridgehead atoms. The largest absolute Gasteiger partial charge is 0.318 e. The van der Waals surface area contributed by atoms with E-state index in [-0.39, 0.29) is 0 Å². The molecular weight excluding hydrogens is 274 g/mol. The Balaban J connectivity index is 1.72. The van der Waals surface area contributed by atoms with E-state index in [1.807, 2.05) is 11.7 Å². The van der Waals surface area contributed by atoms with Crippen molar-refractivity contribution >= 4 is 16.7 Å². The Hall–Kier alpha value is -1.85. The van der Waals surface area contributed by atoms with Crippen molar-refractivity contribution in [2.75, 3.05) is 31.2 Å². The van der Waals surface area contributed by atoms with Crippen molar-refractivity contribution < 1.29 is 0 Å². The van der Waals surface area contributed by atoms with Gasteiger partial charge in [0.05, 0.1) is 12.2 Å². The molecule has 22 heavy (non-hydrogen) atoms. The first kappa shape index (κ1) is 13.8. The number of rotatable bonds is 2. The third kappa shape index (κ3) is 2.40. The van der Waals surface area contributed by atoms with Gasteiger partial charge >= 0.3 is 0 Å². The second-order valence-electron chi connectivity index (χ2n) is 6.21. The van der Waals surface area contributed by atoms with E-state index in [0.717, 1.165) is 32.1 Å². The molecule has 0 atom stereocenters. The van der Waals surface area contributed by atoms with Crippen LogP contribution in [0.5, 0.6) is 0 Å². The first-order valence-electron chi connectivity index (χ1n) is 8.14. The van der Waals surface area contributed by atoms with E-state index in [1.54, 1.807) is 0 Å². The number of hydrogen-bond donors (Lipinski definition) is 2. The first-order valence-corrected chi connectivity index (χ1v) is 8.14. The monoisotopic (exact) mass is 297 g/mol. The molecule has 5 nitrogen and oxygen atoms in total. The maximum absolute atomic E-state index is 4.74. The molecule has 0 spiro atoms. The van der Waals surface area contributed by atoms with Crippen LogP contribution in [0.1, 0.15) is 24.3 Å². The lowest BCUT2D eigenvalue weighted by atomic mass is 9.90. The zero-order valence-corrected chi connectivity index (χ0v) is 13.0. The molecule has 4 rings (SSSR count). The highest BCUT2D eigenvalue weighted by atomic mass is 15.4. The third-order valence-corrected chi connectivity index (χ3v) is 4.77. The normalized spacial score (nSPS) is 20.0. The minimum absolute atomic E-state index is 0.681. The van der Waals surface area contributed by atoms with E-state index in [0.29, 0.717) is 5.92 Å². The van der Waals surface area contributed by atoms with E-state index in [4.69, 9.17) is 5.10 Å². The molecule has 5 heteroatoms. The van der Waals surface area contributed by atoms with Gasteiger partial charge in [-0.3, -0.25) is 10.00 Å². The second-order valence-corrected chi connectivity index (χ2v) is 6.21. The number of aromatic nitrogens is 2. The van der Waals surface area contributed by atoms with Gasteiger partial charge in [-0.15, -0.1) is 0 Å². The fourth-order valence-electron chi connectivity index (χ4n) is 3.52. The van der Waals surface area contributed by atoms with Gasteiger partial charge in [-0.2, -0.15) is 5.10 Å². The van der Waals surface area contributed by atoms with Crippen LogP contribution < -0.4 is 15.5 Å². The summed E-state index contributed by atoms with van der Waals surface area (Å²) in [6.45, 7) is 4.01. The minimum atomic E-state index is 0.681. The zero-order valence-electron chi connectivity index (χ0n) is 13.0. The van der Waals surface area contributed by atoms with Crippen molar-refractivity contribution in [3.63, 3.8) is 0 Å². The molecule has 2 aliphatic heterocycles. The lowest BCUT2D eigenvalue weighted by molar-refractivity contribution is 0.460. The fourth-order valence-corrected chi connectivity index (χ4v) is 3.52. The highest BCUT2D eigenvalue weighted by Crippen LogP contribution is 2.31. The number of piperidine rings is 1. The number of anilines is 1. The van der Waals surface area contributed by atoms with Crippen LogP contribution in [0, 0.1) is 0 Å². The van der Waals surface area contributed by atoms with E-state index in [1.165, 1.54) is 29.3 Å². The summed E-state index contributed by atoms with van der Waals surface area (Å²) in [5.74, 6) is 1.72. The fraction of sp³-hybridized carbons (Fsp3) is 0.471. The highest BCUT2D eigenvalue weighted by molar-refractivity contribution is 5.91. The van der Waals surface area contributed by atoms with Crippen LogP contribution in [-0.4, -0.2) is 36.1 Å². The Morgan fingerprint density at radius 2 is 2.05 bits per heavy atom. The van der Waals surface area contributed by atoms with Crippen LogP contribution in [-0.2, 0) is 7.05 Å². The Morgan fingerprint density at radius 1 is 1.18 bits per heavy atom. The van der Waals surface area contributed by atoms with Gasteiger partial charge in [0.2, 0.25) is 0 Å². The van der Waals surface area contributed by atoms with Crippen molar-refractivity contribution in [1.29, 1.82) is 0 Å². The third-order valence-electron chi connectivity index (χ3n) is 4.77. The van der Waals surface area contributed by atoms with E-state index >= 15 is 0 Å². The summed E-state index contributed by atoms with van der Waals surface area (Å²) in [4.78, 5) is 2.18. The summed E-state index contributed by atoms with van der Waals surface area (Å²) in [5, 5.41) is 12.8. The molecule has 1 saturated heterocycles. The van der Waals surface area contributed by atoms with Crippen molar-refractivity contribution in [3.05, 3.63) is 36.0 Å². The van der Waals surface area contributed by atoms with Gasteiger partial charge in [0.25, 0.3) is 0 Å². The van der Waals surface area contributed by atoms with E-state index in [9.17, 15) is 0 Å². The molecule has 0 saturated carbocycles. The number of nitrogens with zero attached hydrogens (tertiary/aromatic N) is 3. The molecule has 1 aromatic heterocycles. The van der Waals surface area contributed by atoms with Gasteiger partial charge in [-0.05, 0) is 49.5 Å². The van der Waals surface area contributed by atoms with Crippen molar-refractivity contribution in [2.45, 2.75) is 18.8 Å². The van der Waals surface area contributed by atoms with Crippen LogP contribution in [0.15, 0.2) is 30.5 Å². The summed E-state index contributed by atoms with van der Waals surface area (Å²) in [7, 11) is 2.04. The number of fused-ring (bicyclic) bond motifs is 1. The lowest BCUT2D eigenvalue weighted by Crippen LogP contribution is -2.34. The van der Waals surface area contributed by atoms with Crippen molar-refractivity contribution in [2.24, 2.45) is 7.05 Å². The first-order chi connectivity index (χ1) is 10.8. The SMILES string of the molecule is Cn1nc(N2C=CCNC2)c2ccc(C3CCNCC3)cc21. The van der Waals surface area contributed by atoms with Gasteiger partial charge in [0, 0.05) is 25.2 Å². The van der Waals surface area contributed by atoms with Crippen LogP contribution in [0.2, 0.25) is 0 Å². The number of benzene rings is 1. The van der Waals surface area contributed by atoms with Crippen LogP contribution in [0.4, 0.5) is 5.82 Å². The Morgan fingerprint density at radius 3 is 2.82 bits per heavy atom. The molecule has 1 fully saturated rings. The molecule has 0 aliphatic carbocycles. The summed E-state index contributed by atoms with van der Waals surface area (Å²) in [6.07, 6.45) is 6.72.